The first-order chi connectivity index (χ1) is 6.60. The van der Waals surface area contributed by atoms with Crippen molar-refractivity contribution in [2.75, 3.05) is 20.1 Å². The van der Waals surface area contributed by atoms with E-state index >= 15 is 0 Å². The number of rotatable bonds is 4. The van der Waals surface area contributed by atoms with Crippen molar-refractivity contribution in [2.24, 2.45) is 0 Å². The smallest absolute Gasteiger partial charge is 0.0192 e. The monoisotopic (exact) mass is 198 g/mol. The van der Waals surface area contributed by atoms with Gasteiger partial charge >= 0.3 is 0 Å². The molecule has 84 valence electrons. The number of nitrogens with one attached hydrogen (secondary N) is 1. The second-order valence-corrected chi connectivity index (χ2v) is 5.14. The van der Waals surface area contributed by atoms with Crippen molar-refractivity contribution in [3.05, 3.63) is 0 Å². The van der Waals surface area contributed by atoms with E-state index in [1.165, 1.54) is 38.8 Å². The third-order valence-corrected chi connectivity index (χ3v) is 3.55. The third-order valence-electron chi connectivity index (χ3n) is 3.55. The molecule has 0 saturated carbocycles. The SMILES string of the molecule is CCCC(C)(C)N1CCC[C@@H](NC)C1. The first-order valence-corrected chi connectivity index (χ1v) is 6.02. The Balaban J connectivity index is 2.49. The highest BCUT2D eigenvalue weighted by Crippen LogP contribution is 2.24. The lowest BCUT2D eigenvalue weighted by molar-refractivity contribution is 0.0722. The standard InChI is InChI=1S/C12H26N2/c1-5-8-12(2,3)14-9-6-7-11(10-14)13-4/h11,13H,5-10H2,1-4H3/t11-/m1/s1. The Labute approximate surface area is 89.1 Å². The van der Waals surface area contributed by atoms with E-state index in [2.05, 4.69) is 38.0 Å². The summed E-state index contributed by atoms with van der Waals surface area (Å²) in [6.45, 7) is 9.55. The third kappa shape index (κ3) is 2.96. The van der Waals surface area contributed by atoms with Crippen LogP contribution < -0.4 is 5.32 Å². The molecule has 2 heteroatoms. The van der Waals surface area contributed by atoms with Gasteiger partial charge in [-0.05, 0) is 46.7 Å². The number of nitrogens with zero attached hydrogens (tertiary/aromatic N) is 1. The summed E-state index contributed by atoms with van der Waals surface area (Å²) >= 11 is 0. The Morgan fingerprint density at radius 3 is 2.71 bits per heavy atom. The zero-order chi connectivity index (χ0) is 10.6. The van der Waals surface area contributed by atoms with Crippen molar-refractivity contribution in [1.29, 1.82) is 0 Å². The second-order valence-electron chi connectivity index (χ2n) is 5.14. The Kier molecular flexibility index (Phi) is 4.39. The lowest BCUT2D eigenvalue weighted by Crippen LogP contribution is -2.53. The summed E-state index contributed by atoms with van der Waals surface area (Å²) in [6.07, 6.45) is 5.28. The van der Waals surface area contributed by atoms with E-state index < -0.39 is 0 Å². The van der Waals surface area contributed by atoms with E-state index in [4.69, 9.17) is 0 Å². The first-order valence-electron chi connectivity index (χ1n) is 6.02. The molecular formula is C12H26N2. The highest BCUT2D eigenvalue weighted by atomic mass is 15.2. The minimum Gasteiger partial charge on any atom is -0.316 e. The van der Waals surface area contributed by atoms with Crippen molar-refractivity contribution >= 4 is 0 Å². The van der Waals surface area contributed by atoms with E-state index in [0.29, 0.717) is 11.6 Å². The van der Waals surface area contributed by atoms with Crippen molar-refractivity contribution in [3.63, 3.8) is 0 Å². The number of hydrogen-bond acceptors (Lipinski definition) is 2. The van der Waals surface area contributed by atoms with Crippen molar-refractivity contribution in [3.8, 4) is 0 Å². The molecule has 0 aromatic heterocycles. The Bertz CT molecular complexity index is 166. The Morgan fingerprint density at radius 1 is 1.43 bits per heavy atom. The van der Waals surface area contributed by atoms with Crippen LogP contribution >= 0.6 is 0 Å². The van der Waals surface area contributed by atoms with Crippen LogP contribution in [0.1, 0.15) is 46.5 Å². The van der Waals surface area contributed by atoms with Crippen LogP contribution in [-0.2, 0) is 0 Å². The molecule has 0 spiro atoms. The molecule has 1 N–H and O–H groups in total. The summed E-state index contributed by atoms with van der Waals surface area (Å²) in [7, 11) is 2.08. The van der Waals surface area contributed by atoms with Gasteiger partial charge in [-0.15, -0.1) is 0 Å². The number of hydrogen-bond donors (Lipinski definition) is 1. The van der Waals surface area contributed by atoms with Crippen molar-refractivity contribution < 1.29 is 0 Å². The van der Waals surface area contributed by atoms with Gasteiger partial charge in [-0.25, -0.2) is 0 Å². The van der Waals surface area contributed by atoms with Gasteiger partial charge in [0.1, 0.15) is 0 Å². The van der Waals surface area contributed by atoms with E-state index in [1.54, 1.807) is 0 Å². The van der Waals surface area contributed by atoms with Gasteiger partial charge in [-0.3, -0.25) is 4.90 Å². The highest BCUT2D eigenvalue weighted by Gasteiger charge is 2.29. The summed E-state index contributed by atoms with van der Waals surface area (Å²) in [5.41, 5.74) is 0.393. The van der Waals surface area contributed by atoms with Crippen LogP contribution in [0.4, 0.5) is 0 Å². The molecule has 1 aliphatic heterocycles. The summed E-state index contributed by atoms with van der Waals surface area (Å²) in [5, 5.41) is 3.41. The molecule has 0 unspecified atom stereocenters. The van der Waals surface area contributed by atoms with Crippen LogP contribution in [0.3, 0.4) is 0 Å². The molecular weight excluding hydrogens is 172 g/mol. The largest absolute Gasteiger partial charge is 0.316 e. The van der Waals surface area contributed by atoms with Gasteiger partial charge in [-0.1, -0.05) is 13.3 Å². The topological polar surface area (TPSA) is 15.3 Å². The van der Waals surface area contributed by atoms with Crippen LogP contribution in [0, 0.1) is 0 Å². The van der Waals surface area contributed by atoms with Crippen LogP contribution in [0.15, 0.2) is 0 Å². The van der Waals surface area contributed by atoms with Gasteiger partial charge in [0.15, 0.2) is 0 Å². The minimum atomic E-state index is 0.393. The van der Waals surface area contributed by atoms with Gasteiger partial charge in [0.2, 0.25) is 0 Å². The first kappa shape index (κ1) is 12.0. The molecule has 0 radical (unpaired) electrons. The van der Waals surface area contributed by atoms with E-state index in [-0.39, 0.29) is 0 Å². The molecule has 0 aromatic carbocycles. The summed E-state index contributed by atoms with van der Waals surface area (Å²) in [5.74, 6) is 0. The molecule has 0 aromatic rings. The fourth-order valence-corrected chi connectivity index (χ4v) is 2.53. The molecule has 14 heavy (non-hydrogen) atoms. The van der Waals surface area contributed by atoms with Gasteiger partial charge in [-0.2, -0.15) is 0 Å². The number of likely N-dealkylation sites (tertiary alicyclic amines) is 1. The van der Waals surface area contributed by atoms with Crippen LogP contribution in [0.5, 0.6) is 0 Å². The summed E-state index contributed by atoms with van der Waals surface area (Å²) in [6, 6.07) is 0.708. The predicted molar refractivity (Wildman–Crippen MR) is 62.6 cm³/mol. The summed E-state index contributed by atoms with van der Waals surface area (Å²) in [4.78, 5) is 2.65. The molecule has 1 fully saturated rings. The lowest BCUT2D eigenvalue weighted by atomic mass is 9.92. The maximum atomic E-state index is 3.41. The molecule has 2 nitrogen and oxygen atoms in total. The van der Waals surface area contributed by atoms with Gasteiger partial charge < -0.3 is 5.32 Å². The maximum Gasteiger partial charge on any atom is 0.0192 e. The molecule has 1 heterocycles. The molecule has 0 aliphatic carbocycles. The van der Waals surface area contributed by atoms with Crippen LogP contribution in [0.2, 0.25) is 0 Å². The van der Waals surface area contributed by atoms with Crippen LogP contribution in [-0.4, -0.2) is 36.6 Å². The number of piperidine rings is 1. The molecule has 1 saturated heterocycles. The van der Waals surface area contributed by atoms with Gasteiger partial charge in [0, 0.05) is 18.1 Å². The highest BCUT2D eigenvalue weighted by molar-refractivity contribution is 4.87. The molecule has 1 atom stereocenters. The number of likely N-dealkylation sites (N-methyl/N-ethyl adjacent to an activating group) is 1. The minimum absolute atomic E-state index is 0.393. The van der Waals surface area contributed by atoms with Gasteiger partial charge in [0.25, 0.3) is 0 Å². The maximum absolute atomic E-state index is 3.41. The van der Waals surface area contributed by atoms with E-state index in [9.17, 15) is 0 Å². The zero-order valence-electron chi connectivity index (χ0n) is 10.3. The molecule has 1 aliphatic rings. The molecule has 0 amide bonds. The quantitative estimate of drug-likeness (QED) is 0.745. The fourth-order valence-electron chi connectivity index (χ4n) is 2.53. The predicted octanol–water partition coefficient (Wildman–Crippen LogP) is 2.25. The van der Waals surface area contributed by atoms with E-state index in [0.717, 1.165) is 0 Å². The normalized spacial score (nSPS) is 25.3. The average molecular weight is 198 g/mol. The Morgan fingerprint density at radius 2 is 2.14 bits per heavy atom. The fraction of sp³-hybridized carbons (Fsp3) is 1.00. The van der Waals surface area contributed by atoms with Crippen molar-refractivity contribution in [1.82, 2.24) is 10.2 Å². The van der Waals surface area contributed by atoms with Crippen molar-refractivity contribution in [2.45, 2.75) is 58.0 Å². The summed E-state index contributed by atoms with van der Waals surface area (Å²) < 4.78 is 0. The second kappa shape index (κ2) is 5.13. The molecule has 0 bridgehead atoms. The molecule has 1 rings (SSSR count). The zero-order valence-corrected chi connectivity index (χ0v) is 10.3. The van der Waals surface area contributed by atoms with Gasteiger partial charge in [0.05, 0.1) is 0 Å². The Hall–Kier alpha value is -0.0800. The van der Waals surface area contributed by atoms with Crippen LogP contribution in [0.25, 0.3) is 0 Å². The average Bonchev–Trinajstić information content (AvgIpc) is 2.18. The lowest BCUT2D eigenvalue weighted by Gasteiger charge is -2.43. The van der Waals surface area contributed by atoms with E-state index in [1.807, 2.05) is 0 Å².